The number of carbonyl (C=O) groups excluding carboxylic acids is 3. The van der Waals surface area contributed by atoms with Crippen molar-refractivity contribution in [1.82, 2.24) is 9.80 Å². The molecule has 0 radical (unpaired) electrons. The smallest absolute Gasteiger partial charge is 0.253 e. The zero-order valence-corrected chi connectivity index (χ0v) is 18.9. The predicted octanol–water partition coefficient (Wildman–Crippen LogP) is 3.85. The number of benzene rings is 2. The van der Waals surface area contributed by atoms with Crippen molar-refractivity contribution >= 4 is 29.1 Å². The molecule has 0 aromatic heterocycles. The molecule has 2 aromatic rings. The third-order valence-corrected chi connectivity index (χ3v) is 5.67. The zero-order chi connectivity index (χ0) is 22.9. The fourth-order valence-corrected chi connectivity index (χ4v) is 3.82. The highest BCUT2D eigenvalue weighted by molar-refractivity contribution is 5.97. The van der Waals surface area contributed by atoms with Crippen molar-refractivity contribution < 1.29 is 14.4 Å². The van der Waals surface area contributed by atoms with Gasteiger partial charge < -0.3 is 20.4 Å². The number of piperidine rings is 1. The van der Waals surface area contributed by atoms with Crippen LogP contribution >= 0.6 is 0 Å². The van der Waals surface area contributed by atoms with E-state index < -0.39 is 0 Å². The summed E-state index contributed by atoms with van der Waals surface area (Å²) in [6.07, 6.45) is 3.29. The van der Waals surface area contributed by atoms with E-state index in [2.05, 4.69) is 10.6 Å². The Morgan fingerprint density at radius 2 is 1.56 bits per heavy atom. The van der Waals surface area contributed by atoms with Crippen LogP contribution in [0.15, 0.2) is 48.5 Å². The summed E-state index contributed by atoms with van der Waals surface area (Å²) in [7, 11) is 0. The molecule has 1 fully saturated rings. The Kier molecular flexibility index (Phi) is 8.25. The highest BCUT2D eigenvalue weighted by atomic mass is 16.2. The summed E-state index contributed by atoms with van der Waals surface area (Å²) in [6, 6.07) is 14.2. The van der Waals surface area contributed by atoms with Gasteiger partial charge >= 0.3 is 0 Å². The van der Waals surface area contributed by atoms with Gasteiger partial charge in [0.2, 0.25) is 5.91 Å². The van der Waals surface area contributed by atoms with Crippen molar-refractivity contribution in [2.24, 2.45) is 0 Å². The maximum absolute atomic E-state index is 12.6. The van der Waals surface area contributed by atoms with E-state index >= 15 is 0 Å². The van der Waals surface area contributed by atoms with Crippen molar-refractivity contribution in [3.63, 3.8) is 0 Å². The monoisotopic (exact) mass is 436 g/mol. The zero-order valence-electron chi connectivity index (χ0n) is 18.9. The Morgan fingerprint density at radius 1 is 0.875 bits per heavy atom. The minimum absolute atomic E-state index is 0.0257. The molecular formula is C25H32N4O3. The molecule has 3 amide bonds. The second-order valence-corrected chi connectivity index (χ2v) is 7.89. The van der Waals surface area contributed by atoms with Crippen molar-refractivity contribution in [1.29, 1.82) is 0 Å². The second kappa shape index (κ2) is 11.3. The SMILES string of the molecule is CCN(CC)C(=O)c1cccc(NCC(=O)Nc2ccc(C(=O)N3CCCCC3)cc2)c1. The normalized spacial score (nSPS) is 13.4. The maximum Gasteiger partial charge on any atom is 0.253 e. The molecule has 1 aliphatic heterocycles. The number of nitrogens with one attached hydrogen (secondary N) is 2. The van der Waals surface area contributed by atoms with Gasteiger partial charge in [-0.1, -0.05) is 6.07 Å². The minimum atomic E-state index is -0.208. The lowest BCUT2D eigenvalue weighted by Crippen LogP contribution is -2.35. The van der Waals surface area contributed by atoms with E-state index in [1.807, 2.05) is 24.8 Å². The first-order valence-electron chi connectivity index (χ1n) is 11.3. The Hall–Kier alpha value is -3.35. The Morgan fingerprint density at radius 3 is 2.22 bits per heavy atom. The van der Waals surface area contributed by atoms with E-state index in [0.29, 0.717) is 35.6 Å². The van der Waals surface area contributed by atoms with E-state index in [1.165, 1.54) is 6.42 Å². The van der Waals surface area contributed by atoms with Gasteiger partial charge in [-0.2, -0.15) is 0 Å². The molecule has 1 saturated heterocycles. The molecule has 1 heterocycles. The number of likely N-dealkylation sites (tertiary alicyclic amines) is 1. The van der Waals surface area contributed by atoms with Gasteiger partial charge in [-0.05, 0) is 75.6 Å². The number of amides is 3. The second-order valence-electron chi connectivity index (χ2n) is 7.89. The van der Waals surface area contributed by atoms with Crippen LogP contribution in [0.25, 0.3) is 0 Å². The van der Waals surface area contributed by atoms with Crippen LogP contribution in [-0.4, -0.2) is 60.2 Å². The van der Waals surface area contributed by atoms with Gasteiger partial charge in [0.15, 0.2) is 0 Å². The van der Waals surface area contributed by atoms with Crippen LogP contribution in [0.5, 0.6) is 0 Å². The van der Waals surface area contributed by atoms with Gasteiger partial charge in [-0.3, -0.25) is 14.4 Å². The van der Waals surface area contributed by atoms with Gasteiger partial charge in [0, 0.05) is 48.7 Å². The molecule has 2 aromatic carbocycles. The summed E-state index contributed by atoms with van der Waals surface area (Å²) in [5.74, 6) is -0.189. The molecule has 170 valence electrons. The maximum atomic E-state index is 12.6. The number of anilines is 2. The van der Waals surface area contributed by atoms with Crippen LogP contribution in [-0.2, 0) is 4.79 Å². The Labute approximate surface area is 189 Å². The largest absolute Gasteiger partial charge is 0.376 e. The van der Waals surface area contributed by atoms with Gasteiger partial charge in [-0.15, -0.1) is 0 Å². The van der Waals surface area contributed by atoms with Crippen molar-refractivity contribution in [3.05, 3.63) is 59.7 Å². The molecule has 7 heteroatoms. The van der Waals surface area contributed by atoms with Gasteiger partial charge in [-0.25, -0.2) is 0 Å². The number of hydrogen-bond acceptors (Lipinski definition) is 4. The highest BCUT2D eigenvalue weighted by Crippen LogP contribution is 2.16. The van der Waals surface area contributed by atoms with Crippen molar-refractivity contribution in [3.8, 4) is 0 Å². The van der Waals surface area contributed by atoms with Crippen LogP contribution in [0.4, 0.5) is 11.4 Å². The highest BCUT2D eigenvalue weighted by Gasteiger charge is 2.18. The fraction of sp³-hybridized carbons (Fsp3) is 0.400. The molecule has 0 aliphatic carbocycles. The van der Waals surface area contributed by atoms with E-state index in [1.54, 1.807) is 47.4 Å². The lowest BCUT2D eigenvalue weighted by atomic mass is 10.1. The topological polar surface area (TPSA) is 81.8 Å². The van der Waals surface area contributed by atoms with E-state index in [9.17, 15) is 14.4 Å². The molecule has 0 unspecified atom stereocenters. The molecule has 2 N–H and O–H groups in total. The first-order chi connectivity index (χ1) is 15.5. The number of carbonyl (C=O) groups is 3. The molecule has 0 spiro atoms. The average molecular weight is 437 g/mol. The van der Waals surface area contributed by atoms with Crippen molar-refractivity contribution in [2.45, 2.75) is 33.1 Å². The average Bonchev–Trinajstić information content (AvgIpc) is 2.84. The third-order valence-electron chi connectivity index (χ3n) is 5.67. The van der Waals surface area contributed by atoms with Crippen LogP contribution in [0.1, 0.15) is 53.8 Å². The molecular weight excluding hydrogens is 404 g/mol. The molecule has 0 bridgehead atoms. The molecule has 3 rings (SSSR count). The summed E-state index contributed by atoms with van der Waals surface area (Å²) in [5, 5.41) is 5.89. The molecule has 1 aliphatic rings. The molecule has 0 saturated carbocycles. The Bertz CT molecular complexity index is 932. The predicted molar refractivity (Wildman–Crippen MR) is 127 cm³/mol. The van der Waals surface area contributed by atoms with Gasteiger partial charge in [0.05, 0.1) is 6.54 Å². The Balaban J connectivity index is 1.52. The third kappa shape index (κ3) is 6.09. The number of hydrogen-bond donors (Lipinski definition) is 2. The quantitative estimate of drug-likeness (QED) is 0.659. The summed E-state index contributed by atoms with van der Waals surface area (Å²) >= 11 is 0. The van der Waals surface area contributed by atoms with E-state index in [-0.39, 0.29) is 24.3 Å². The first kappa shape index (κ1) is 23.3. The van der Waals surface area contributed by atoms with Gasteiger partial charge in [0.1, 0.15) is 0 Å². The summed E-state index contributed by atoms with van der Waals surface area (Å²) in [4.78, 5) is 41.0. The van der Waals surface area contributed by atoms with Crippen molar-refractivity contribution in [2.75, 3.05) is 43.4 Å². The molecule has 7 nitrogen and oxygen atoms in total. The standard InChI is InChI=1S/C25H32N4O3/c1-3-28(4-2)25(32)20-9-8-10-22(17-20)26-18-23(30)27-21-13-11-19(12-14-21)24(31)29-15-6-5-7-16-29/h8-14,17,26H,3-7,15-16,18H2,1-2H3,(H,27,30). The lowest BCUT2D eigenvalue weighted by molar-refractivity contribution is -0.114. The number of nitrogens with zero attached hydrogens (tertiary/aromatic N) is 2. The fourth-order valence-electron chi connectivity index (χ4n) is 3.82. The summed E-state index contributed by atoms with van der Waals surface area (Å²) in [5.41, 5.74) is 2.57. The van der Waals surface area contributed by atoms with Crippen LogP contribution < -0.4 is 10.6 Å². The molecule has 32 heavy (non-hydrogen) atoms. The van der Waals surface area contributed by atoms with Gasteiger partial charge in [0.25, 0.3) is 11.8 Å². The molecule has 0 atom stereocenters. The van der Waals surface area contributed by atoms with Crippen LogP contribution in [0.2, 0.25) is 0 Å². The summed E-state index contributed by atoms with van der Waals surface area (Å²) in [6.45, 7) is 6.89. The number of rotatable bonds is 8. The summed E-state index contributed by atoms with van der Waals surface area (Å²) < 4.78 is 0. The van der Waals surface area contributed by atoms with Crippen LogP contribution in [0.3, 0.4) is 0 Å². The first-order valence-corrected chi connectivity index (χ1v) is 11.3. The van der Waals surface area contributed by atoms with E-state index in [4.69, 9.17) is 0 Å². The minimum Gasteiger partial charge on any atom is -0.376 e. The lowest BCUT2D eigenvalue weighted by Gasteiger charge is -2.26. The van der Waals surface area contributed by atoms with Crippen LogP contribution in [0, 0.1) is 0 Å². The van der Waals surface area contributed by atoms with E-state index in [0.717, 1.165) is 25.9 Å².